The molecule has 1 heterocycles. The minimum Gasteiger partial charge on any atom is -0.481 e. The molecule has 0 unspecified atom stereocenters. The largest absolute Gasteiger partial charge is 0.481 e. The summed E-state index contributed by atoms with van der Waals surface area (Å²) >= 11 is 0. The normalized spacial score (nSPS) is 18.0. The van der Waals surface area contributed by atoms with Crippen LogP contribution in [0.25, 0.3) is 0 Å². The molecule has 1 aliphatic carbocycles. The number of nitrogens with one attached hydrogen (secondary N) is 1. The maximum absolute atomic E-state index is 12.5. The van der Waals surface area contributed by atoms with Crippen molar-refractivity contribution in [3.8, 4) is 0 Å². The maximum Gasteiger partial charge on any atom is 0.305 e. The van der Waals surface area contributed by atoms with Gasteiger partial charge in [0.25, 0.3) is 10.0 Å². The first kappa shape index (κ1) is 16.0. The number of aliphatic carboxylic acids is 1. The average molecular weight is 315 g/mol. The molecular formula is C13H21N3O4S. The van der Waals surface area contributed by atoms with Gasteiger partial charge in [-0.25, -0.2) is 18.1 Å². The lowest BCUT2D eigenvalue weighted by Gasteiger charge is -2.27. The van der Waals surface area contributed by atoms with E-state index in [4.69, 9.17) is 5.11 Å². The number of hydrogen-bond donors (Lipinski definition) is 2. The van der Waals surface area contributed by atoms with E-state index in [1.807, 2.05) is 6.92 Å². The van der Waals surface area contributed by atoms with Crippen molar-refractivity contribution < 1.29 is 18.3 Å². The van der Waals surface area contributed by atoms with Crippen LogP contribution in [0.5, 0.6) is 0 Å². The molecule has 1 aliphatic rings. The molecule has 0 aliphatic heterocycles. The first-order valence-corrected chi connectivity index (χ1v) is 8.56. The molecule has 1 aromatic rings. The van der Waals surface area contributed by atoms with Gasteiger partial charge in [0, 0.05) is 18.3 Å². The second kappa shape index (κ2) is 5.76. The number of carboxylic acids is 1. The first-order chi connectivity index (χ1) is 9.78. The van der Waals surface area contributed by atoms with Crippen molar-refractivity contribution in [3.63, 3.8) is 0 Å². The van der Waals surface area contributed by atoms with Gasteiger partial charge in [-0.3, -0.25) is 4.79 Å². The Morgan fingerprint density at radius 1 is 1.48 bits per heavy atom. The lowest BCUT2D eigenvalue weighted by atomic mass is 9.95. The van der Waals surface area contributed by atoms with E-state index in [9.17, 15) is 13.2 Å². The summed E-state index contributed by atoms with van der Waals surface area (Å²) in [6.07, 6.45) is 4.05. The predicted octanol–water partition coefficient (Wildman–Crippen LogP) is 1.28. The van der Waals surface area contributed by atoms with Crippen LogP contribution in [0.1, 0.15) is 44.9 Å². The zero-order chi connectivity index (χ0) is 15.7. The third-order valence-electron chi connectivity index (χ3n) is 3.97. The fourth-order valence-electron chi connectivity index (χ4n) is 2.92. The van der Waals surface area contributed by atoms with Gasteiger partial charge in [-0.05, 0) is 26.7 Å². The quantitative estimate of drug-likeness (QED) is 0.823. The van der Waals surface area contributed by atoms with Crippen molar-refractivity contribution in [2.75, 3.05) is 0 Å². The predicted molar refractivity (Wildman–Crippen MR) is 76.4 cm³/mol. The molecule has 21 heavy (non-hydrogen) atoms. The molecule has 8 heteroatoms. The van der Waals surface area contributed by atoms with E-state index in [1.54, 1.807) is 11.5 Å². The van der Waals surface area contributed by atoms with Gasteiger partial charge in [-0.2, -0.15) is 0 Å². The lowest BCUT2D eigenvalue weighted by Crippen LogP contribution is -2.47. The third kappa shape index (κ3) is 3.44. The number of nitrogens with zero attached hydrogens (tertiary/aromatic N) is 2. The number of rotatable bonds is 6. The summed E-state index contributed by atoms with van der Waals surface area (Å²) in [4.78, 5) is 15.1. The van der Waals surface area contributed by atoms with Gasteiger partial charge < -0.3 is 9.67 Å². The molecule has 0 spiro atoms. The highest BCUT2D eigenvalue weighted by atomic mass is 32.2. The van der Waals surface area contributed by atoms with E-state index < -0.39 is 21.5 Å². The molecule has 0 amide bonds. The van der Waals surface area contributed by atoms with Gasteiger partial charge in [0.1, 0.15) is 5.82 Å². The number of carbonyl (C=O) groups is 1. The van der Waals surface area contributed by atoms with Crippen LogP contribution in [0, 0.1) is 6.92 Å². The summed E-state index contributed by atoms with van der Waals surface area (Å²) in [6, 6.07) is 0. The zero-order valence-corrected chi connectivity index (χ0v) is 13.1. The molecule has 0 atom stereocenters. The summed E-state index contributed by atoms with van der Waals surface area (Å²) < 4.78 is 29.3. The fourth-order valence-corrected chi connectivity index (χ4v) is 4.39. The summed E-state index contributed by atoms with van der Waals surface area (Å²) in [5, 5.41) is 9.00. The molecule has 0 radical (unpaired) electrons. The SMILES string of the molecule is CCn1cc(S(=O)(=O)NC2(CC(=O)O)CCCC2)nc1C. The van der Waals surface area contributed by atoms with Crippen LogP contribution in [-0.2, 0) is 21.4 Å². The molecule has 1 saturated carbocycles. The van der Waals surface area contributed by atoms with E-state index in [1.165, 1.54) is 6.20 Å². The second-order valence-corrected chi connectivity index (χ2v) is 7.21. The lowest BCUT2D eigenvalue weighted by molar-refractivity contribution is -0.138. The molecule has 1 fully saturated rings. The Morgan fingerprint density at radius 3 is 2.57 bits per heavy atom. The molecule has 2 rings (SSSR count). The Morgan fingerprint density at radius 2 is 2.10 bits per heavy atom. The number of hydrogen-bond acceptors (Lipinski definition) is 4. The molecule has 0 saturated heterocycles. The smallest absolute Gasteiger partial charge is 0.305 e. The summed E-state index contributed by atoms with van der Waals surface area (Å²) in [5.41, 5.74) is -0.880. The van der Waals surface area contributed by atoms with E-state index >= 15 is 0 Å². The van der Waals surface area contributed by atoms with E-state index in [-0.39, 0.29) is 11.4 Å². The van der Waals surface area contributed by atoms with Crippen LogP contribution in [0.15, 0.2) is 11.2 Å². The second-order valence-electron chi connectivity index (χ2n) is 5.58. The Labute approximate surface area is 124 Å². The van der Waals surface area contributed by atoms with Crippen molar-refractivity contribution in [2.45, 2.75) is 63.1 Å². The van der Waals surface area contributed by atoms with Gasteiger partial charge >= 0.3 is 5.97 Å². The summed E-state index contributed by atoms with van der Waals surface area (Å²) in [7, 11) is -3.80. The molecule has 7 nitrogen and oxygen atoms in total. The van der Waals surface area contributed by atoms with Crippen LogP contribution in [0.4, 0.5) is 0 Å². The highest BCUT2D eigenvalue weighted by molar-refractivity contribution is 7.89. The van der Waals surface area contributed by atoms with E-state index in [0.29, 0.717) is 25.2 Å². The standard InChI is InChI=1S/C13H21N3O4S/c1-3-16-9-11(14-10(16)2)21(19,20)15-13(8-12(17)18)6-4-5-7-13/h9,15H,3-8H2,1-2H3,(H,17,18). The minimum atomic E-state index is -3.80. The molecule has 0 aromatic carbocycles. The number of aryl methyl sites for hydroxylation is 2. The zero-order valence-electron chi connectivity index (χ0n) is 12.3. The fraction of sp³-hybridized carbons (Fsp3) is 0.692. The first-order valence-electron chi connectivity index (χ1n) is 7.07. The van der Waals surface area contributed by atoms with Gasteiger partial charge in [0.05, 0.1) is 6.42 Å². The van der Waals surface area contributed by atoms with E-state index in [0.717, 1.165) is 12.8 Å². The Kier molecular flexibility index (Phi) is 4.38. The van der Waals surface area contributed by atoms with Gasteiger partial charge in [-0.1, -0.05) is 12.8 Å². The molecular weight excluding hydrogens is 294 g/mol. The average Bonchev–Trinajstić information content (AvgIpc) is 2.95. The Hall–Kier alpha value is -1.41. The molecule has 2 N–H and O–H groups in total. The van der Waals surface area contributed by atoms with Gasteiger partial charge in [0.15, 0.2) is 5.03 Å². The van der Waals surface area contributed by atoms with Crippen molar-refractivity contribution in [1.82, 2.24) is 14.3 Å². The van der Waals surface area contributed by atoms with Crippen molar-refractivity contribution >= 4 is 16.0 Å². The number of aromatic nitrogens is 2. The highest BCUT2D eigenvalue weighted by Gasteiger charge is 2.40. The van der Waals surface area contributed by atoms with Gasteiger partial charge in [-0.15, -0.1) is 0 Å². The molecule has 118 valence electrons. The number of imidazole rings is 1. The van der Waals surface area contributed by atoms with Crippen molar-refractivity contribution in [3.05, 3.63) is 12.0 Å². The topological polar surface area (TPSA) is 101 Å². The van der Waals surface area contributed by atoms with Crippen LogP contribution in [-0.4, -0.2) is 34.6 Å². The van der Waals surface area contributed by atoms with Crippen LogP contribution >= 0.6 is 0 Å². The molecule has 1 aromatic heterocycles. The third-order valence-corrected chi connectivity index (χ3v) is 5.42. The van der Waals surface area contributed by atoms with E-state index in [2.05, 4.69) is 9.71 Å². The van der Waals surface area contributed by atoms with Crippen LogP contribution < -0.4 is 4.72 Å². The highest BCUT2D eigenvalue weighted by Crippen LogP contribution is 2.34. The summed E-state index contributed by atoms with van der Waals surface area (Å²) in [5.74, 6) is -0.369. The Bertz CT molecular complexity index is 630. The van der Waals surface area contributed by atoms with Crippen LogP contribution in [0.3, 0.4) is 0 Å². The summed E-state index contributed by atoms with van der Waals surface area (Å²) in [6.45, 7) is 4.28. The Balaban J connectivity index is 2.28. The maximum atomic E-state index is 12.5. The molecule has 0 bridgehead atoms. The monoisotopic (exact) mass is 315 g/mol. The van der Waals surface area contributed by atoms with Crippen LogP contribution in [0.2, 0.25) is 0 Å². The van der Waals surface area contributed by atoms with Crippen molar-refractivity contribution in [2.24, 2.45) is 0 Å². The van der Waals surface area contributed by atoms with Gasteiger partial charge in [0.2, 0.25) is 0 Å². The number of carboxylic acid groups (broad SMARTS) is 1. The number of sulfonamides is 1. The van der Waals surface area contributed by atoms with Crippen molar-refractivity contribution in [1.29, 1.82) is 0 Å². The minimum absolute atomic E-state index is 0.0430.